The lowest BCUT2D eigenvalue weighted by Gasteiger charge is -2.10. The van der Waals surface area contributed by atoms with Gasteiger partial charge in [-0.1, -0.05) is 25.5 Å². The molecule has 0 aliphatic heterocycles. The normalized spacial score (nSPS) is 11.7. The number of benzene rings is 1. The summed E-state index contributed by atoms with van der Waals surface area (Å²) in [6.45, 7) is 6.43. The fourth-order valence-electron chi connectivity index (χ4n) is 2.64. The molecule has 1 amide bonds. The second-order valence-corrected chi connectivity index (χ2v) is 6.22. The smallest absolute Gasteiger partial charge is 0.241 e. The number of nitrogens with two attached hydrogens (primary N) is 1. The summed E-state index contributed by atoms with van der Waals surface area (Å²) in [5.41, 5.74) is 11.7. The molecule has 2 aromatic heterocycles. The SMILES string of the molecule is Cc1cc(-c2cnc3[nH]cc(/C=C/C(N)=O)c3n2)cc(C(C)C)c1. The van der Waals surface area contributed by atoms with Crippen molar-refractivity contribution in [2.75, 3.05) is 0 Å². The molecule has 0 spiro atoms. The number of rotatable bonds is 4. The van der Waals surface area contributed by atoms with E-state index in [1.165, 1.54) is 17.2 Å². The van der Waals surface area contributed by atoms with Crippen molar-refractivity contribution in [1.29, 1.82) is 0 Å². The monoisotopic (exact) mass is 320 g/mol. The lowest BCUT2D eigenvalue weighted by molar-refractivity contribution is -0.113. The van der Waals surface area contributed by atoms with Crippen LogP contribution in [0.1, 0.15) is 36.5 Å². The van der Waals surface area contributed by atoms with Crippen molar-refractivity contribution in [3.63, 3.8) is 0 Å². The molecule has 3 aromatic rings. The Morgan fingerprint density at radius 2 is 2.08 bits per heavy atom. The van der Waals surface area contributed by atoms with Crippen molar-refractivity contribution in [3.05, 3.63) is 53.4 Å². The molecule has 5 nitrogen and oxygen atoms in total. The van der Waals surface area contributed by atoms with Crippen molar-refractivity contribution < 1.29 is 4.79 Å². The highest BCUT2D eigenvalue weighted by atomic mass is 16.1. The second kappa shape index (κ2) is 6.28. The Bertz CT molecular complexity index is 938. The van der Waals surface area contributed by atoms with Gasteiger partial charge in [-0.25, -0.2) is 9.97 Å². The number of amides is 1. The molecule has 2 heterocycles. The number of carbonyl (C=O) groups excluding carboxylic acids is 1. The predicted molar refractivity (Wildman–Crippen MR) is 96.4 cm³/mol. The van der Waals surface area contributed by atoms with E-state index < -0.39 is 5.91 Å². The zero-order valence-electron chi connectivity index (χ0n) is 14.0. The van der Waals surface area contributed by atoms with Gasteiger partial charge in [-0.2, -0.15) is 0 Å². The molecule has 0 saturated carbocycles. The average molecular weight is 320 g/mol. The van der Waals surface area contributed by atoms with Gasteiger partial charge in [0.05, 0.1) is 11.9 Å². The summed E-state index contributed by atoms with van der Waals surface area (Å²) < 4.78 is 0. The van der Waals surface area contributed by atoms with Gasteiger partial charge >= 0.3 is 0 Å². The largest absolute Gasteiger partial charge is 0.366 e. The average Bonchev–Trinajstić information content (AvgIpc) is 2.94. The van der Waals surface area contributed by atoms with Crippen LogP contribution in [0.25, 0.3) is 28.5 Å². The molecule has 0 aliphatic rings. The topological polar surface area (TPSA) is 84.7 Å². The first-order valence-electron chi connectivity index (χ1n) is 7.87. The third kappa shape index (κ3) is 3.20. The van der Waals surface area contributed by atoms with Crippen LogP contribution in [0.5, 0.6) is 0 Å². The molecule has 3 rings (SSSR count). The highest BCUT2D eigenvalue weighted by Gasteiger charge is 2.10. The lowest BCUT2D eigenvalue weighted by Crippen LogP contribution is -2.05. The number of nitrogens with one attached hydrogen (secondary N) is 1. The fourth-order valence-corrected chi connectivity index (χ4v) is 2.64. The quantitative estimate of drug-likeness (QED) is 0.721. The van der Waals surface area contributed by atoms with Crippen LogP contribution in [0.4, 0.5) is 0 Å². The molecule has 0 saturated heterocycles. The number of hydrogen-bond acceptors (Lipinski definition) is 3. The standard InChI is InChI=1S/C19H20N4O/c1-11(2)14-6-12(3)7-15(8-14)16-10-22-19-18(23-16)13(9-21-19)4-5-17(20)24/h4-11H,1-3H3,(H2,20,24)(H,21,22)/b5-4+. The van der Waals surface area contributed by atoms with Crippen molar-refractivity contribution in [2.45, 2.75) is 26.7 Å². The summed E-state index contributed by atoms with van der Waals surface area (Å²) in [4.78, 5) is 23.2. The molecule has 3 N–H and O–H groups in total. The van der Waals surface area contributed by atoms with E-state index in [4.69, 9.17) is 10.7 Å². The van der Waals surface area contributed by atoms with E-state index in [2.05, 4.69) is 48.9 Å². The molecule has 122 valence electrons. The number of fused-ring (bicyclic) bond motifs is 1. The maximum Gasteiger partial charge on any atom is 0.241 e. The number of H-pyrrole nitrogens is 1. The van der Waals surface area contributed by atoms with Crippen LogP contribution in [0, 0.1) is 6.92 Å². The Morgan fingerprint density at radius 3 is 2.79 bits per heavy atom. The first-order valence-corrected chi connectivity index (χ1v) is 7.87. The molecule has 0 bridgehead atoms. The summed E-state index contributed by atoms with van der Waals surface area (Å²) in [5, 5.41) is 0. The number of aryl methyl sites for hydroxylation is 1. The van der Waals surface area contributed by atoms with Crippen molar-refractivity contribution in [2.24, 2.45) is 5.73 Å². The summed E-state index contributed by atoms with van der Waals surface area (Å²) in [5.74, 6) is -0.0459. The van der Waals surface area contributed by atoms with E-state index in [9.17, 15) is 4.79 Å². The maximum absolute atomic E-state index is 10.9. The zero-order chi connectivity index (χ0) is 17.3. The third-order valence-corrected chi connectivity index (χ3v) is 3.90. The molecular weight excluding hydrogens is 300 g/mol. The molecule has 0 unspecified atom stereocenters. The van der Waals surface area contributed by atoms with Crippen LogP contribution in [0.3, 0.4) is 0 Å². The van der Waals surface area contributed by atoms with Gasteiger partial charge in [-0.05, 0) is 36.6 Å². The molecular formula is C19H20N4O. The minimum Gasteiger partial charge on any atom is -0.366 e. The second-order valence-electron chi connectivity index (χ2n) is 6.22. The lowest BCUT2D eigenvalue weighted by atomic mass is 9.97. The number of carbonyl (C=O) groups is 1. The highest BCUT2D eigenvalue weighted by Crippen LogP contribution is 2.26. The van der Waals surface area contributed by atoms with E-state index in [1.807, 2.05) is 0 Å². The van der Waals surface area contributed by atoms with E-state index >= 15 is 0 Å². The van der Waals surface area contributed by atoms with Crippen molar-refractivity contribution >= 4 is 23.1 Å². The van der Waals surface area contributed by atoms with Crippen LogP contribution >= 0.6 is 0 Å². The Kier molecular flexibility index (Phi) is 4.16. The van der Waals surface area contributed by atoms with Crippen LogP contribution in [-0.2, 0) is 4.79 Å². The van der Waals surface area contributed by atoms with Gasteiger partial charge in [0.2, 0.25) is 5.91 Å². The van der Waals surface area contributed by atoms with Crippen molar-refractivity contribution in [3.8, 4) is 11.3 Å². The molecule has 0 aliphatic carbocycles. The van der Waals surface area contributed by atoms with E-state index in [0.717, 1.165) is 22.3 Å². The summed E-state index contributed by atoms with van der Waals surface area (Å²) in [7, 11) is 0. The Hall–Kier alpha value is -2.95. The van der Waals surface area contributed by atoms with Gasteiger partial charge in [0.15, 0.2) is 5.65 Å². The van der Waals surface area contributed by atoms with Gasteiger partial charge in [-0.15, -0.1) is 0 Å². The van der Waals surface area contributed by atoms with Crippen LogP contribution < -0.4 is 5.73 Å². The van der Waals surface area contributed by atoms with Crippen LogP contribution in [0.15, 0.2) is 36.7 Å². The number of aromatic amines is 1. The van der Waals surface area contributed by atoms with Gasteiger partial charge in [0.25, 0.3) is 0 Å². The minimum atomic E-state index is -0.492. The first-order chi connectivity index (χ1) is 11.4. The Balaban J connectivity index is 2.11. The molecule has 0 radical (unpaired) electrons. The van der Waals surface area contributed by atoms with Crippen LogP contribution in [0.2, 0.25) is 0 Å². The van der Waals surface area contributed by atoms with Crippen LogP contribution in [-0.4, -0.2) is 20.9 Å². The number of primary amides is 1. The summed E-state index contributed by atoms with van der Waals surface area (Å²) in [6.07, 6.45) is 6.50. The van der Waals surface area contributed by atoms with Gasteiger partial charge in [-0.3, -0.25) is 4.79 Å². The Morgan fingerprint density at radius 1 is 1.29 bits per heavy atom. The van der Waals surface area contributed by atoms with Crippen molar-refractivity contribution in [1.82, 2.24) is 15.0 Å². The maximum atomic E-state index is 10.9. The van der Waals surface area contributed by atoms with Gasteiger partial charge in [0.1, 0.15) is 5.52 Å². The predicted octanol–water partition coefficient (Wildman–Crippen LogP) is 3.56. The summed E-state index contributed by atoms with van der Waals surface area (Å²) in [6, 6.07) is 6.45. The molecule has 24 heavy (non-hydrogen) atoms. The summed E-state index contributed by atoms with van der Waals surface area (Å²) >= 11 is 0. The van der Waals surface area contributed by atoms with Gasteiger partial charge < -0.3 is 10.7 Å². The minimum absolute atomic E-state index is 0.446. The van der Waals surface area contributed by atoms with Gasteiger partial charge in [0, 0.05) is 23.4 Å². The number of hydrogen-bond donors (Lipinski definition) is 2. The first kappa shape index (κ1) is 15.9. The van der Waals surface area contributed by atoms with E-state index in [0.29, 0.717) is 11.6 Å². The Labute approximate surface area is 140 Å². The number of nitrogens with zero attached hydrogens (tertiary/aromatic N) is 2. The van der Waals surface area contributed by atoms with E-state index in [1.54, 1.807) is 18.5 Å². The van der Waals surface area contributed by atoms with E-state index in [-0.39, 0.29) is 0 Å². The molecule has 5 heteroatoms. The molecule has 0 atom stereocenters. The highest BCUT2D eigenvalue weighted by molar-refractivity contribution is 5.93. The fraction of sp³-hybridized carbons (Fsp3) is 0.211. The zero-order valence-corrected chi connectivity index (χ0v) is 14.0. The molecule has 1 aromatic carbocycles. The third-order valence-electron chi connectivity index (χ3n) is 3.90. The molecule has 0 fully saturated rings. The number of aromatic nitrogens is 3.